The molecular formula is C12H12ClNO4S2. The van der Waals surface area contributed by atoms with Crippen molar-refractivity contribution in [2.75, 3.05) is 0 Å². The van der Waals surface area contributed by atoms with Crippen molar-refractivity contribution in [3.05, 3.63) is 28.1 Å². The van der Waals surface area contributed by atoms with Gasteiger partial charge < -0.3 is 5.11 Å². The topological polar surface area (TPSA) is 83.5 Å². The minimum atomic E-state index is -3.91. The Bertz CT molecular complexity index is 782. The number of carboxylic acids is 1. The van der Waals surface area contributed by atoms with Crippen LogP contribution >= 0.6 is 22.9 Å². The summed E-state index contributed by atoms with van der Waals surface area (Å²) in [6.07, 6.45) is 0. The van der Waals surface area contributed by atoms with Crippen LogP contribution in [0.1, 0.15) is 11.8 Å². The number of nitrogens with one attached hydrogen (secondary N) is 1. The molecule has 2 N–H and O–H groups in total. The largest absolute Gasteiger partial charge is 0.480 e. The van der Waals surface area contributed by atoms with Crippen LogP contribution in [0.3, 0.4) is 0 Å². The van der Waals surface area contributed by atoms with Crippen LogP contribution in [0.15, 0.2) is 23.1 Å². The van der Waals surface area contributed by atoms with Crippen molar-refractivity contribution >= 4 is 49.0 Å². The average molecular weight is 334 g/mol. The number of thiophene rings is 1. The van der Waals surface area contributed by atoms with Gasteiger partial charge in [-0.15, -0.1) is 11.3 Å². The van der Waals surface area contributed by atoms with Gasteiger partial charge in [0.1, 0.15) is 10.9 Å². The van der Waals surface area contributed by atoms with Crippen LogP contribution in [-0.2, 0) is 14.8 Å². The molecule has 2 rings (SSSR count). The fraction of sp³-hybridized carbons (Fsp3) is 0.250. The lowest BCUT2D eigenvalue weighted by Crippen LogP contribution is -2.38. The first-order valence-corrected chi connectivity index (χ1v) is 8.34. The average Bonchev–Trinajstić information content (AvgIpc) is 2.64. The molecule has 0 saturated heterocycles. The molecule has 0 aliphatic heterocycles. The van der Waals surface area contributed by atoms with E-state index < -0.39 is 22.0 Å². The van der Waals surface area contributed by atoms with Crippen LogP contribution in [0, 0.1) is 6.92 Å². The van der Waals surface area contributed by atoms with Gasteiger partial charge in [0.15, 0.2) is 0 Å². The quantitative estimate of drug-likeness (QED) is 0.900. The molecule has 0 bridgehead atoms. The van der Waals surface area contributed by atoms with E-state index in [1.54, 1.807) is 25.1 Å². The molecule has 1 aromatic carbocycles. The van der Waals surface area contributed by atoms with Gasteiger partial charge in [0, 0.05) is 20.0 Å². The highest BCUT2D eigenvalue weighted by Crippen LogP contribution is 2.35. The van der Waals surface area contributed by atoms with Crippen molar-refractivity contribution in [3.63, 3.8) is 0 Å². The maximum Gasteiger partial charge on any atom is 0.321 e. The lowest BCUT2D eigenvalue weighted by atomic mass is 10.2. The molecule has 1 aromatic heterocycles. The van der Waals surface area contributed by atoms with Gasteiger partial charge in [-0.05, 0) is 32.0 Å². The standard InChI is InChI=1S/C12H12ClNO4S2/c1-6(12(15)16)14-20(17,18)11-7(2)19-10-4-3-8(13)5-9(10)11/h3-6,14H,1-2H3,(H,15,16). The fourth-order valence-corrected chi connectivity index (χ4v) is 5.00. The van der Waals surface area contributed by atoms with Crippen molar-refractivity contribution in [2.45, 2.75) is 24.8 Å². The number of rotatable bonds is 4. The summed E-state index contributed by atoms with van der Waals surface area (Å²) in [6.45, 7) is 2.95. The third-order valence-electron chi connectivity index (χ3n) is 2.74. The molecule has 2 aromatic rings. The number of aryl methyl sites for hydroxylation is 1. The Morgan fingerprint density at radius 1 is 1.45 bits per heavy atom. The zero-order valence-corrected chi connectivity index (χ0v) is 13.1. The van der Waals surface area contributed by atoms with Crippen LogP contribution < -0.4 is 4.72 Å². The molecule has 1 heterocycles. The van der Waals surface area contributed by atoms with Crippen LogP contribution in [0.4, 0.5) is 0 Å². The number of hydrogen-bond donors (Lipinski definition) is 2. The minimum Gasteiger partial charge on any atom is -0.480 e. The molecule has 0 saturated carbocycles. The highest BCUT2D eigenvalue weighted by Gasteiger charge is 2.26. The second-order valence-electron chi connectivity index (χ2n) is 4.31. The van der Waals surface area contributed by atoms with Crippen LogP contribution in [-0.4, -0.2) is 25.5 Å². The third-order valence-corrected chi connectivity index (χ3v) is 5.92. The van der Waals surface area contributed by atoms with E-state index in [1.165, 1.54) is 18.3 Å². The molecule has 8 heteroatoms. The molecule has 0 spiro atoms. The molecule has 0 amide bonds. The van der Waals surface area contributed by atoms with Gasteiger partial charge in [0.05, 0.1) is 0 Å². The number of halogens is 1. The van der Waals surface area contributed by atoms with E-state index in [0.29, 0.717) is 15.3 Å². The van der Waals surface area contributed by atoms with Gasteiger partial charge in [-0.1, -0.05) is 11.6 Å². The number of carboxylic acid groups (broad SMARTS) is 1. The van der Waals surface area contributed by atoms with Crippen LogP contribution in [0.5, 0.6) is 0 Å². The highest BCUT2D eigenvalue weighted by molar-refractivity contribution is 7.90. The number of benzene rings is 1. The Morgan fingerprint density at radius 3 is 2.70 bits per heavy atom. The monoisotopic (exact) mass is 333 g/mol. The van der Waals surface area contributed by atoms with Gasteiger partial charge in [-0.2, -0.15) is 4.72 Å². The minimum absolute atomic E-state index is 0.0908. The van der Waals surface area contributed by atoms with Crippen molar-refractivity contribution < 1.29 is 18.3 Å². The molecule has 1 unspecified atom stereocenters. The Kier molecular flexibility index (Phi) is 4.06. The molecule has 108 valence electrons. The number of fused-ring (bicyclic) bond motifs is 1. The molecule has 0 fully saturated rings. The Hall–Kier alpha value is -1.15. The smallest absolute Gasteiger partial charge is 0.321 e. The predicted octanol–water partition coefficient (Wildman–Crippen LogP) is 2.61. The lowest BCUT2D eigenvalue weighted by Gasteiger charge is -2.10. The van der Waals surface area contributed by atoms with Gasteiger partial charge >= 0.3 is 5.97 Å². The van der Waals surface area contributed by atoms with Crippen molar-refractivity contribution in [2.24, 2.45) is 0 Å². The van der Waals surface area contributed by atoms with E-state index in [-0.39, 0.29) is 4.90 Å². The van der Waals surface area contributed by atoms with Crippen molar-refractivity contribution in [1.82, 2.24) is 4.72 Å². The van der Waals surface area contributed by atoms with Crippen LogP contribution in [0.25, 0.3) is 10.1 Å². The molecule has 5 nitrogen and oxygen atoms in total. The maximum absolute atomic E-state index is 12.3. The second-order valence-corrected chi connectivity index (χ2v) is 7.65. The summed E-state index contributed by atoms with van der Waals surface area (Å²) < 4.78 is 27.6. The Labute approximate surface area is 125 Å². The van der Waals surface area contributed by atoms with Gasteiger partial charge in [-0.25, -0.2) is 8.42 Å². The summed E-state index contributed by atoms with van der Waals surface area (Å²) in [5.41, 5.74) is 0. The Balaban J connectivity index is 2.59. The van der Waals surface area contributed by atoms with Gasteiger partial charge in [-0.3, -0.25) is 4.79 Å². The first kappa shape index (κ1) is 15.2. The zero-order chi connectivity index (χ0) is 15.1. The maximum atomic E-state index is 12.3. The van der Waals surface area contributed by atoms with Crippen LogP contribution in [0.2, 0.25) is 5.02 Å². The van der Waals surface area contributed by atoms with E-state index >= 15 is 0 Å². The predicted molar refractivity (Wildman–Crippen MR) is 79.0 cm³/mol. The summed E-state index contributed by atoms with van der Waals surface area (Å²) in [5, 5.41) is 9.76. The fourth-order valence-electron chi connectivity index (χ4n) is 1.85. The summed E-state index contributed by atoms with van der Waals surface area (Å²) >= 11 is 7.23. The molecule has 0 aliphatic rings. The van der Waals surface area contributed by atoms with E-state index in [4.69, 9.17) is 16.7 Å². The normalized spacial score (nSPS) is 13.6. The molecule has 0 aliphatic carbocycles. The molecule has 20 heavy (non-hydrogen) atoms. The SMILES string of the molecule is Cc1sc2ccc(Cl)cc2c1S(=O)(=O)NC(C)C(=O)O. The third kappa shape index (κ3) is 2.80. The van der Waals surface area contributed by atoms with Crippen molar-refractivity contribution in [1.29, 1.82) is 0 Å². The first-order chi connectivity index (χ1) is 9.22. The summed E-state index contributed by atoms with van der Waals surface area (Å²) in [5.74, 6) is -1.23. The van der Waals surface area contributed by atoms with E-state index in [0.717, 1.165) is 4.70 Å². The van der Waals surface area contributed by atoms with E-state index in [9.17, 15) is 13.2 Å². The number of carbonyl (C=O) groups is 1. The number of aliphatic carboxylic acids is 1. The Morgan fingerprint density at radius 2 is 2.10 bits per heavy atom. The first-order valence-electron chi connectivity index (χ1n) is 5.66. The number of hydrogen-bond acceptors (Lipinski definition) is 4. The zero-order valence-electron chi connectivity index (χ0n) is 10.7. The highest BCUT2D eigenvalue weighted by atomic mass is 35.5. The second kappa shape index (κ2) is 5.33. The molecular weight excluding hydrogens is 322 g/mol. The van der Waals surface area contributed by atoms with E-state index in [2.05, 4.69) is 4.72 Å². The van der Waals surface area contributed by atoms with Crippen molar-refractivity contribution in [3.8, 4) is 0 Å². The summed E-state index contributed by atoms with van der Waals surface area (Å²) in [6, 6.07) is 3.80. The summed E-state index contributed by atoms with van der Waals surface area (Å²) in [7, 11) is -3.91. The summed E-state index contributed by atoms with van der Waals surface area (Å²) in [4.78, 5) is 11.5. The van der Waals surface area contributed by atoms with E-state index in [1.807, 2.05) is 0 Å². The lowest BCUT2D eigenvalue weighted by molar-refractivity contribution is -0.138. The molecule has 1 atom stereocenters. The van der Waals surface area contributed by atoms with Gasteiger partial charge in [0.25, 0.3) is 0 Å². The van der Waals surface area contributed by atoms with Gasteiger partial charge in [0.2, 0.25) is 10.0 Å². The molecule has 0 radical (unpaired) electrons. The number of sulfonamides is 1.